The summed E-state index contributed by atoms with van der Waals surface area (Å²) in [7, 11) is 0. The van der Waals surface area contributed by atoms with Gasteiger partial charge in [0.1, 0.15) is 0 Å². The molecule has 0 bridgehead atoms. The summed E-state index contributed by atoms with van der Waals surface area (Å²) in [6.07, 6.45) is 13.9. The van der Waals surface area contributed by atoms with Crippen molar-refractivity contribution in [3.63, 3.8) is 0 Å². The zero-order valence-electron chi connectivity index (χ0n) is 19.7. The molecular formula is C27H44O3. The zero-order valence-corrected chi connectivity index (χ0v) is 19.7. The molecule has 0 amide bonds. The molecule has 0 radical (unpaired) electrons. The average Bonchev–Trinajstić information content (AvgIpc) is 3.00. The normalized spacial score (nSPS) is 38.8. The van der Waals surface area contributed by atoms with Crippen LogP contribution in [-0.2, 0) is 0 Å². The molecule has 1 unspecified atom stereocenters. The van der Waals surface area contributed by atoms with Gasteiger partial charge in [0.25, 0.3) is 0 Å². The topological polar surface area (TPSA) is 60.7 Å². The minimum Gasteiger partial charge on any atom is -0.393 e. The Kier molecular flexibility index (Phi) is 7.37. The van der Waals surface area contributed by atoms with E-state index in [4.69, 9.17) is 0 Å². The Hall–Kier alpha value is -0.900. The van der Waals surface area contributed by atoms with Crippen molar-refractivity contribution in [3.05, 3.63) is 35.5 Å². The van der Waals surface area contributed by atoms with Crippen LogP contribution in [0.5, 0.6) is 0 Å². The maximum absolute atomic E-state index is 10.1. The van der Waals surface area contributed by atoms with E-state index in [0.717, 1.165) is 29.9 Å². The van der Waals surface area contributed by atoms with Gasteiger partial charge in [0.05, 0.1) is 17.8 Å². The van der Waals surface area contributed by atoms with E-state index in [9.17, 15) is 15.3 Å². The lowest BCUT2D eigenvalue weighted by Crippen LogP contribution is -2.36. The second-order valence-electron chi connectivity index (χ2n) is 11.3. The third kappa shape index (κ3) is 5.29. The van der Waals surface area contributed by atoms with Crippen LogP contribution in [0.1, 0.15) is 91.9 Å². The summed E-state index contributed by atoms with van der Waals surface area (Å²) in [4.78, 5) is 0. The molecular weight excluding hydrogens is 372 g/mol. The number of hydrogen-bond acceptors (Lipinski definition) is 3. The Morgan fingerprint density at radius 2 is 1.97 bits per heavy atom. The minimum atomic E-state index is -0.615. The summed E-state index contributed by atoms with van der Waals surface area (Å²) in [5.41, 5.74) is 3.17. The van der Waals surface area contributed by atoms with E-state index in [1.807, 2.05) is 13.8 Å². The maximum Gasteiger partial charge on any atom is 0.0811 e. The Bertz CT molecular complexity index is 683. The second-order valence-corrected chi connectivity index (χ2v) is 11.3. The molecule has 3 nitrogen and oxygen atoms in total. The summed E-state index contributed by atoms with van der Waals surface area (Å²) in [5, 5.41) is 30.2. The molecule has 0 aliphatic heterocycles. The number of rotatable bonds is 6. The Balaban J connectivity index is 1.70. The lowest BCUT2D eigenvalue weighted by molar-refractivity contribution is 0.0596. The summed E-state index contributed by atoms with van der Waals surface area (Å²) in [6, 6.07) is 0. The molecule has 30 heavy (non-hydrogen) atoms. The molecule has 0 heterocycles. The lowest BCUT2D eigenvalue weighted by atomic mass is 9.60. The van der Waals surface area contributed by atoms with Crippen molar-refractivity contribution in [1.29, 1.82) is 0 Å². The number of hydrogen-bond donors (Lipinski definition) is 3. The summed E-state index contributed by atoms with van der Waals surface area (Å²) >= 11 is 0. The van der Waals surface area contributed by atoms with E-state index in [1.165, 1.54) is 38.5 Å². The van der Waals surface area contributed by atoms with Gasteiger partial charge in [0.2, 0.25) is 0 Å². The second kappa shape index (κ2) is 9.30. The van der Waals surface area contributed by atoms with Gasteiger partial charge in [-0.3, -0.25) is 0 Å². The van der Waals surface area contributed by atoms with Crippen LogP contribution >= 0.6 is 0 Å². The zero-order chi connectivity index (χ0) is 22.1. The molecule has 0 spiro atoms. The maximum atomic E-state index is 10.1. The van der Waals surface area contributed by atoms with Crippen LogP contribution < -0.4 is 0 Å². The van der Waals surface area contributed by atoms with Crippen LogP contribution in [0.15, 0.2) is 35.5 Å². The van der Waals surface area contributed by atoms with Gasteiger partial charge in [-0.1, -0.05) is 51.0 Å². The fourth-order valence-corrected chi connectivity index (χ4v) is 6.74. The monoisotopic (exact) mass is 416 g/mol. The molecule has 170 valence electrons. The van der Waals surface area contributed by atoms with Crippen molar-refractivity contribution in [2.75, 3.05) is 0 Å². The van der Waals surface area contributed by atoms with Crippen molar-refractivity contribution >= 4 is 0 Å². The first-order valence-electron chi connectivity index (χ1n) is 12.2. The van der Waals surface area contributed by atoms with E-state index in [1.54, 1.807) is 5.57 Å². The number of aliphatic hydroxyl groups excluding tert-OH is 2. The molecule has 3 saturated carbocycles. The van der Waals surface area contributed by atoms with Gasteiger partial charge < -0.3 is 15.3 Å². The number of allylic oxidation sites excluding steroid dienone is 3. The van der Waals surface area contributed by atoms with Gasteiger partial charge in [-0.05, 0) is 93.1 Å². The molecule has 0 saturated heterocycles. The van der Waals surface area contributed by atoms with Gasteiger partial charge in [-0.2, -0.15) is 0 Å². The highest BCUT2D eigenvalue weighted by molar-refractivity contribution is 5.38. The Morgan fingerprint density at radius 3 is 2.67 bits per heavy atom. The highest BCUT2D eigenvalue weighted by Crippen LogP contribution is 2.60. The summed E-state index contributed by atoms with van der Waals surface area (Å²) < 4.78 is 0. The van der Waals surface area contributed by atoms with Crippen LogP contribution in [0.25, 0.3) is 0 Å². The quantitative estimate of drug-likeness (QED) is 0.520. The first kappa shape index (κ1) is 23.8. The molecule has 3 N–H and O–H groups in total. The van der Waals surface area contributed by atoms with Crippen molar-refractivity contribution in [2.24, 2.45) is 23.2 Å². The van der Waals surface area contributed by atoms with Gasteiger partial charge in [-0.25, -0.2) is 0 Å². The Morgan fingerprint density at radius 1 is 1.23 bits per heavy atom. The standard InChI is InChI=1S/C27H44O3/c1-18(8-6-14-26(3,4)30)23-12-13-24-20(9-7-15-27(23,24)5)10-11-21-16-22(28)17-25(29)19(21)2/h10-11,18,22-25,28-30H,2,6-9,12-17H2,1,3-5H3/b20-10-,21-11-/t18-,22-,23?,24+,25+,27-/m1/s1. The first-order valence-corrected chi connectivity index (χ1v) is 12.2. The van der Waals surface area contributed by atoms with Crippen molar-refractivity contribution in [2.45, 2.75) is 110 Å². The molecule has 0 aromatic carbocycles. The van der Waals surface area contributed by atoms with E-state index >= 15 is 0 Å². The average molecular weight is 417 g/mol. The predicted octanol–water partition coefficient (Wildman–Crippen LogP) is 5.70. The van der Waals surface area contributed by atoms with E-state index in [0.29, 0.717) is 30.1 Å². The van der Waals surface area contributed by atoms with Crippen molar-refractivity contribution < 1.29 is 15.3 Å². The van der Waals surface area contributed by atoms with Gasteiger partial charge in [0, 0.05) is 6.42 Å². The van der Waals surface area contributed by atoms with Gasteiger partial charge >= 0.3 is 0 Å². The molecule has 3 fully saturated rings. The number of aliphatic hydroxyl groups is 3. The largest absolute Gasteiger partial charge is 0.393 e. The van der Waals surface area contributed by atoms with Crippen LogP contribution in [0.2, 0.25) is 0 Å². The molecule has 3 rings (SSSR count). The van der Waals surface area contributed by atoms with Gasteiger partial charge in [-0.15, -0.1) is 0 Å². The third-order valence-corrected chi connectivity index (χ3v) is 8.44. The molecule has 3 heteroatoms. The molecule has 0 aromatic heterocycles. The number of fused-ring (bicyclic) bond motifs is 1. The highest BCUT2D eigenvalue weighted by atomic mass is 16.3. The lowest BCUT2D eigenvalue weighted by Gasteiger charge is -2.44. The fourth-order valence-electron chi connectivity index (χ4n) is 6.74. The van der Waals surface area contributed by atoms with E-state index in [2.05, 4.69) is 32.6 Å². The van der Waals surface area contributed by atoms with Crippen molar-refractivity contribution in [3.8, 4) is 0 Å². The van der Waals surface area contributed by atoms with Crippen LogP contribution in [0.3, 0.4) is 0 Å². The smallest absolute Gasteiger partial charge is 0.0811 e. The first-order chi connectivity index (χ1) is 14.0. The van der Waals surface area contributed by atoms with E-state index < -0.39 is 17.8 Å². The molecule has 3 aliphatic rings. The molecule has 6 atom stereocenters. The third-order valence-electron chi connectivity index (χ3n) is 8.44. The summed E-state index contributed by atoms with van der Waals surface area (Å²) in [6.45, 7) is 12.8. The molecule has 3 aliphatic carbocycles. The van der Waals surface area contributed by atoms with Gasteiger partial charge in [0.15, 0.2) is 0 Å². The van der Waals surface area contributed by atoms with E-state index in [-0.39, 0.29) is 0 Å². The SMILES string of the molecule is C=C1/C(=C\C=C2\CCC[C@]3(C)C([C@H](C)CCCC(C)(C)O)CC[C@@H]23)C[C@@H](O)C[C@@H]1O. The predicted molar refractivity (Wildman–Crippen MR) is 124 cm³/mol. The fraction of sp³-hybridized carbons (Fsp3) is 0.778. The minimum absolute atomic E-state index is 0.374. The van der Waals surface area contributed by atoms with Crippen LogP contribution in [0.4, 0.5) is 0 Å². The highest BCUT2D eigenvalue weighted by Gasteiger charge is 2.50. The Labute approximate surface area is 184 Å². The summed E-state index contributed by atoms with van der Waals surface area (Å²) in [5.74, 6) is 2.11. The van der Waals surface area contributed by atoms with Crippen molar-refractivity contribution in [1.82, 2.24) is 0 Å². The van der Waals surface area contributed by atoms with Crippen LogP contribution in [-0.4, -0.2) is 33.1 Å². The van der Waals surface area contributed by atoms with Crippen LogP contribution in [0, 0.1) is 23.2 Å². The molecule has 0 aromatic rings.